The van der Waals surface area contributed by atoms with Crippen molar-refractivity contribution in [1.29, 1.82) is 0 Å². The molecule has 1 aliphatic heterocycles. The molecule has 0 aromatic heterocycles. The number of benzene rings is 1. The zero-order valence-corrected chi connectivity index (χ0v) is 15.8. The molecule has 5 N–H and O–H groups in total. The number of amides is 3. The van der Waals surface area contributed by atoms with E-state index in [-0.39, 0.29) is 13.0 Å². The Balaban J connectivity index is 1.99. The molecule has 3 atom stereocenters. The Morgan fingerprint density at radius 2 is 1.89 bits per heavy atom. The number of nitrogens with two attached hydrogens (primary N) is 1. The van der Waals surface area contributed by atoms with E-state index in [0.29, 0.717) is 19.4 Å². The molecule has 9 nitrogen and oxygen atoms in total. The highest BCUT2D eigenvalue weighted by Crippen LogP contribution is 2.17. The molecule has 2 rings (SSSR count). The maximum atomic E-state index is 12.6. The molecule has 1 aromatic rings. The van der Waals surface area contributed by atoms with Gasteiger partial charge in [0.15, 0.2) is 0 Å². The lowest BCUT2D eigenvalue weighted by molar-refractivity contribution is -0.148. The second-order valence-corrected chi connectivity index (χ2v) is 6.84. The second-order valence-electron chi connectivity index (χ2n) is 6.84. The molecule has 0 aliphatic carbocycles. The van der Waals surface area contributed by atoms with Crippen LogP contribution >= 0.6 is 0 Å². The van der Waals surface area contributed by atoms with Crippen LogP contribution in [-0.2, 0) is 25.6 Å². The van der Waals surface area contributed by atoms with Gasteiger partial charge in [-0.15, -0.1) is 0 Å². The Kier molecular flexibility index (Phi) is 7.51. The molecule has 3 unspecified atom stereocenters. The summed E-state index contributed by atoms with van der Waals surface area (Å²) in [5, 5.41) is 14.3. The minimum Gasteiger partial charge on any atom is -0.480 e. The van der Waals surface area contributed by atoms with Gasteiger partial charge in [0, 0.05) is 13.0 Å². The van der Waals surface area contributed by atoms with E-state index in [4.69, 9.17) is 5.73 Å². The number of carboxylic acids is 1. The van der Waals surface area contributed by atoms with Crippen LogP contribution in [0.5, 0.6) is 0 Å². The molecule has 28 heavy (non-hydrogen) atoms. The molecule has 1 aromatic carbocycles. The highest BCUT2D eigenvalue weighted by atomic mass is 16.4. The Morgan fingerprint density at radius 1 is 1.21 bits per heavy atom. The molecular formula is C19H26N4O5. The van der Waals surface area contributed by atoms with Gasteiger partial charge in [0.05, 0.1) is 12.6 Å². The first-order valence-electron chi connectivity index (χ1n) is 9.19. The topological polar surface area (TPSA) is 142 Å². The van der Waals surface area contributed by atoms with Crippen molar-refractivity contribution < 1.29 is 24.3 Å². The van der Waals surface area contributed by atoms with Crippen molar-refractivity contribution in [3.05, 3.63) is 35.9 Å². The van der Waals surface area contributed by atoms with Crippen LogP contribution in [0.3, 0.4) is 0 Å². The molecule has 1 fully saturated rings. The van der Waals surface area contributed by atoms with E-state index >= 15 is 0 Å². The average molecular weight is 390 g/mol. The third-order valence-electron chi connectivity index (χ3n) is 4.60. The molecule has 0 radical (unpaired) electrons. The van der Waals surface area contributed by atoms with Gasteiger partial charge in [-0.05, 0) is 25.3 Å². The molecule has 0 saturated carbocycles. The molecule has 0 bridgehead atoms. The molecule has 152 valence electrons. The van der Waals surface area contributed by atoms with Crippen molar-refractivity contribution >= 4 is 23.7 Å². The van der Waals surface area contributed by atoms with Gasteiger partial charge in [-0.25, -0.2) is 4.79 Å². The Morgan fingerprint density at radius 3 is 2.50 bits per heavy atom. The number of hydrogen-bond acceptors (Lipinski definition) is 5. The zero-order chi connectivity index (χ0) is 20.7. The number of nitrogens with one attached hydrogen (secondary N) is 2. The summed E-state index contributed by atoms with van der Waals surface area (Å²) in [6.07, 6.45) is 1.24. The van der Waals surface area contributed by atoms with Crippen LogP contribution in [-0.4, -0.2) is 64.9 Å². The van der Waals surface area contributed by atoms with Crippen molar-refractivity contribution in [2.45, 2.75) is 44.3 Å². The lowest BCUT2D eigenvalue weighted by Gasteiger charge is -2.23. The highest BCUT2D eigenvalue weighted by Gasteiger charge is 2.34. The minimum absolute atomic E-state index is 0.237. The van der Waals surface area contributed by atoms with Crippen LogP contribution in [0.1, 0.15) is 25.3 Å². The third-order valence-corrected chi connectivity index (χ3v) is 4.60. The number of likely N-dealkylation sites (tertiary alicyclic amines) is 1. The fourth-order valence-corrected chi connectivity index (χ4v) is 3.07. The second kappa shape index (κ2) is 9.84. The van der Waals surface area contributed by atoms with E-state index in [0.717, 1.165) is 5.56 Å². The molecule has 1 heterocycles. The Labute approximate surface area is 163 Å². The summed E-state index contributed by atoms with van der Waals surface area (Å²) in [6, 6.07) is 6.59. The van der Waals surface area contributed by atoms with Crippen LogP contribution in [0.15, 0.2) is 30.3 Å². The number of rotatable bonds is 8. The van der Waals surface area contributed by atoms with Crippen LogP contribution in [0, 0.1) is 0 Å². The number of carbonyl (C=O) groups is 4. The van der Waals surface area contributed by atoms with Gasteiger partial charge in [-0.2, -0.15) is 0 Å². The number of aliphatic carboxylic acids is 1. The first-order chi connectivity index (χ1) is 13.3. The monoisotopic (exact) mass is 390 g/mol. The fraction of sp³-hybridized carbons (Fsp3) is 0.474. The quantitative estimate of drug-likeness (QED) is 0.460. The third kappa shape index (κ3) is 5.78. The lowest BCUT2D eigenvalue weighted by atomic mass is 10.0. The van der Waals surface area contributed by atoms with Gasteiger partial charge in [0.2, 0.25) is 17.7 Å². The van der Waals surface area contributed by atoms with Crippen molar-refractivity contribution in [3.8, 4) is 0 Å². The average Bonchev–Trinajstić information content (AvgIpc) is 3.16. The van der Waals surface area contributed by atoms with Gasteiger partial charge in [-0.1, -0.05) is 30.3 Å². The SMILES string of the molecule is CC(N)C(=O)NC(Cc1ccccc1)C(=O)NCC(=O)N1CCCC1C(=O)O. The standard InChI is InChI=1S/C19H26N4O5/c1-12(20)17(25)22-14(10-13-6-3-2-4-7-13)18(26)21-11-16(24)23-9-5-8-15(23)19(27)28/h2-4,6-7,12,14-15H,5,8-11,20H2,1H3,(H,21,26)(H,22,25)(H,27,28). The fourth-order valence-electron chi connectivity index (χ4n) is 3.07. The molecule has 1 saturated heterocycles. The number of nitrogens with zero attached hydrogens (tertiary/aromatic N) is 1. The van der Waals surface area contributed by atoms with Crippen LogP contribution < -0.4 is 16.4 Å². The summed E-state index contributed by atoms with van der Waals surface area (Å²) in [5.74, 6) is -2.52. The van der Waals surface area contributed by atoms with Gasteiger partial charge < -0.3 is 26.4 Å². The largest absolute Gasteiger partial charge is 0.480 e. The predicted molar refractivity (Wildman–Crippen MR) is 101 cm³/mol. The first-order valence-corrected chi connectivity index (χ1v) is 9.19. The van der Waals surface area contributed by atoms with Gasteiger partial charge in [0.1, 0.15) is 12.1 Å². The highest BCUT2D eigenvalue weighted by molar-refractivity contribution is 5.92. The van der Waals surface area contributed by atoms with E-state index in [1.807, 2.05) is 30.3 Å². The van der Waals surface area contributed by atoms with Crippen LogP contribution in [0.2, 0.25) is 0 Å². The predicted octanol–water partition coefficient (Wildman–Crippen LogP) is -0.747. The smallest absolute Gasteiger partial charge is 0.326 e. The van der Waals surface area contributed by atoms with E-state index in [1.54, 1.807) is 0 Å². The molecule has 3 amide bonds. The Bertz CT molecular complexity index is 722. The van der Waals surface area contributed by atoms with Crippen molar-refractivity contribution in [2.24, 2.45) is 5.73 Å². The normalized spacial score (nSPS) is 18.2. The Hall–Kier alpha value is -2.94. The minimum atomic E-state index is -1.05. The van der Waals surface area contributed by atoms with E-state index in [2.05, 4.69) is 10.6 Å². The lowest BCUT2D eigenvalue weighted by Crippen LogP contribution is -2.53. The van der Waals surface area contributed by atoms with Gasteiger partial charge in [0.25, 0.3) is 0 Å². The van der Waals surface area contributed by atoms with Crippen molar-refractivity contribution in [1.82, 2.24) is 15.5 Å². The maximum absolute atomic E-state index is 12.6. The number of carboxylic acid groups (broad SMARTS) is 1. The molecule has 9 heteroatoms. The number of carbonyl (C=O) groups excluding carboxylic acids is 3. The van der Waals surface area contributed by atoms with Crippen LogP contribution in [0.4, 0.5) is 0 Å². The first kappa shape index (κ1) is 21.4. The molecule has 0 spiro atoms. The molecular weight excluding hydrogens is 364 g/mol. The molecule has 1 aliphatic rings. The summed E-state index contributed by atoms with van der Waals surface area (Å²) < 4.78 is 0. The summed E-state index contributed by atoms with van der Waals surface area (Å²) in [5.41, 5.74) is 6.40. The number of hydrogen-bond donors (Lipinski definition) is 4. The van der Waals surface area contributed by atoms with E-state index in [9.17, 15) is 24.3 Å². The van der Waals surface area contributed by atoms with E-state index in [1.165, 1.54) is 11.8 Å². The summed E-state index contributed by atoms with van der Waals surface area (Å²) in [4.78, 5) is 49.3. The van der Waals surface area contributed by atoms with Gasteiger partial charge >= 0.3 is 5.97 Å². The summed E-state index contributed by atoms with van der Waals surface area (Å²) in [7, 11) is 0. The summed E-state index contributed by atoms with van der Waals surface area (Å²) >= 11 is 0. The van der Waals surface area contributed by atoms with Gasteiger partial charge in [-0.3, -0.25) is 14.4 Å². The van der Waals surface area contributed by atoms with Crippen LogP contribution in [0.25, 0.3) is 0 Å². The van der Waals surface area contributed by atoms with Crippen molar-refractivity contribution in [3.63, 3.8) is 0 Å². The maximum Gasteiger partial charge on any atom is 0.326 e. The van der Waals surface area contributed by atoms with Crippen molar-refractivity contribution in [2.75, 3.05) is 13.1 Å². The summed E-state index contributed by atoms with van der Waals surface area (Å²) in [6.45, 7) is 1.53. The zero-order valence-electron chi connectivity index (χ0n) is 15.8. The van der Waals surface area contributed by atoms with E-state index < -0.39 is 41.8 Å².